The Hall–Kier alpha value is -3.52. The van der Waals surface area contributed by atoms with Gasteiger partial charge in [0.15, 0.2) is 11.5 Å². The number of methoxy groups -OCH3 is 3. The molecule has 0 aliphatic heterocycles. The van der Waals surface area contributed by atoms with E-state index in [2.05, 4.69) is 5.32 Å². The van der Waals surface area contributed by atoms with Crippen molar-refractivity contribution in [1.29, 1.82) is 0 Å². The molecule has 0 amide bonds. The van der Waals surface area contributed by atoms with Crippen LogP contribution in [0.4, 0.5) is 5.95 Å². The van der Waals surface area contributed by atoms with Crippen molar-refractivity contribution >= 4 is 27.5 Å². The molecular formula is C23H23N3O4S. The second-order valence-electron chi connectivity index (χ2n) is 6.90. The molecule has 0 spiro atoms. The van der Waals surface area contributed by atoms with Gasteiger partial charge in [-0.25, -0.2) is 4.98 Å². The van der Waals surface area contributed by atoms with Gasteiger partial charge in [-0.1, -0.05) is 12.1 Å². The Balaban J connectivity index is 1.67. The van der Waals surface area contributed by atoms with Crippen LogP contribution in [0, 0.1) is 0 Å². The van der Waals surface area contributed by atoms with Gasteiger partial charge in [0.1, 0.15) is 10.4 Å². The molecule has 8 heteroatoms. The van der Waals surface area contributed by atoms with Crippen LogP contribution in [0.25, 0.3) is 20.7 Å². The number of benzene rings is 2. The fourth-order valence-corrected chi connectivity index (χ4v) is 4.38. The van der Waals surface area contributed by atoms with Crippen molar-refractivity contribution in [3.63, 3.8) is 0 Å². The predicted octanol–water partition coefficient (Wildman–Crippen LogP) is 4.30. The number of hydrogen-bond acceptors (Lipinski definition) is 7. The summed E-state index contributed by atoms with van der Waals surface area (Å²) in [4.78, 5) is 18.6. The summed E-state index contributed by atoms with van der Waals surface area (Å²) in [5, 5.41) is 3.26. The zero-order chi connectivity index (χ0) is 22.0. The van der Waals surface area contributed by atoms with E-state index < -0.39 is 0 Å². The Kier molecular flexibility index (Phi) is 5.81. The summed E-state index contributed by atoms with van der Waals surface area (Å²) in [6.07, 6.45) is 0. The van der Waals surface area contributed by atoms with Crippen LogP contribution in [0.5, 0.6) is 17.2 Å². The molecule has 0 radical (unpaired) electrons. The monoisotopic (exact) mass is 437 g/mol. The minimum atomic E-state index is -0.0881. The van der Waals surface area contributed by atoms with Crippen LogP contribution in [0.3, 0.4) is 0 Å². The lowest BCUT2D eigenvalue weighted by Crippen LogP contribution is -2.21. The van der Waals surface area contributed by atoms with Crippen molar-refractivity contribution < 1.29 is 14.2 Å². The second-order valence-corrected chi connectivity index (χ2v) is 7.95. The van der Waals surface area contributed by atoms with Crippen molar-refractivity contribution in [1.82, 2.24) is 9.55 Å². The van der Waals surface area contributed by atoms with Gasteiger partial charge in [-0.2, -0.15) is 0 Å². The quantitative estimate of drug-likeness (QED) is 0.465. The molecule has 7 nitrogen and oxygen atoms in total. The third-order valence-electron chi connectivity index (χ3n) is 5.01. The second kappa shape index (κ2) is 8.69. The highest BCUT2D eigenvalue weighted by Gasteiger charge is 2.14. The summed E-state index contributed by atoms with van der Waals surface area (Å²) in [6.45, 7) is 0.523. The van der Waals surface area contributed by atoms with Crippen molar-refractivity contribution in [2.75, 3.05) is 26.6 Å². The normalized spacial score (nSPS) is 10.8. The third kappa shape index (κ3) is 4.06. The number of aromatic nitrogens is 2. The van der Waals surface area contributed by atoms with Gasteiger partial charge in [-0.3, -0.25) is 9.36 Å². The lowest BCUT2D eigenvalue weighted by molar-refractivity contribution is 0.355. The standard InChI is InChI=1S/C23H23N3O4S/c1-26-22(27)21-17(25-23(26)24-13-14-6-5-7-16(10-14)28-2)12-20(31-21)15-8-9-18(29-3)19(11-15)30-4/h5-12H,13H2,1-4H3,(H,24,25). The van der Waals surface area contributed by atoms with Gasteiger partial charge in [0.25, 0.3) is 5.56 Å². The molecule has 2 aromatic heterocycles. The Morgan fingerprint density at radius 1 is 1.00 bits per heavy atom. The summed E-state index contributed by atoms with van der Waals surface area (Å²) in [7, 11) is 6.56. The Morgan fingerprint density at radius 3 is 2.55 bits per heavy atom. The van der Waals surface area contributed by atoms with E-state index in [1.165, 1.54) is 15.9 Å². The van der Waals surface area contributed by atoms with Gasteiger partial charge >= 0.3 is 0 Å². The zero-order valence-electron chi connectivity index (χ0n) is 17.8. The Morgan fingerprint density at radius 2 is 1.81 bits per heavy atom. The average molecular weight is 438 g/mol. The molecule has 2 heterocycles. The highest BCUT2D eigenvalue weighted by molar-refractivity contribution is 7.22. The van der Waals surface area contributed by atoms with E-state index >= 15 is 0 Å². The topological polar surface area (TPSA) is 74.6 Å². The third-order valence-corrected chi connectivity index (χ3v) is 6.17. The Bertz CT molecular complexity index is 1300. The van der Waals surface area contributed by atoms with Crippen molar-refractivity contribution in [3.8, 4) is 27.7 Å². The van der Waals surface area contributed by atoms with Gasteiger partial charge in [0.05, 0.1) is 26.8 Å². The number of thiophene rings is 1. The Labute approximate surface area is 183 Å². The molecular weight excluding hydrogens is 414 g/mol. The van der Waals surface area contributed by atoms with Crippen LogP contribution < -0.4 is 25.1 Å². The molecule has 0 aliphatic carbocycles. The van der Waals surface area contributed by atoms with E-state index in [0.29, 0.717) is 34.2 Å². The van der Waals surface area contributed by atoms with Gasteiger partial charge in [0, 0.05) is 18.5 Å². The number of rotatable bonds is 7. The average Bonchev–Trinajstić information content (AvgIpc) is 3.24. The number of hydrogen-bond donors (Lipinski definition) is 1. The van der Waals surface area contributed by atoms with Gasteiger partial charge in [-0.15, -0.1) is 11.3 Å². The maximum atomic E-state index is 13.0. The fraction of sp³-hybridized carbons (Fsp3) is 0.217. The molecule has 4 rings (SSSR count). The minimum Gasteiger partial charge on any atom is -0.497 e. The largest absolute Gasteiger partial charge is 0.497 e. The summed E-state index contributed by atoms with van der Waals surface area (Å²) in [5.74, 6) is 2.59. The first-order chi connectivity index (χ1) is 15.0. The van der Waals surface area contributed by atoms with Crippen LogP contribution in [-0.2, 0) is 13.6 Å². The molecule has 4 aromatic rings. The van der Waals surface area contributed by atoms with E-state index in [1.807, 2.05) is 48.5 Å². The van der Waals surface area contributed by atoms with Crippen LogP contribution in [0.1, 0.15) is 5.56 Å². The number of anilines is 1. The molecule has 0 saturated heterocycles. The molecule has 0 fully saturated rings. The number of ether oxygens (including phenoxy) is 3. The summed E-state index contributed by atoms with van der Waals surface area (Å²) >= 11 is 1.42. The van der Waals surface area contributed by atoms with E-state index in [9.17, 15) is 4.79 Å². The maximum absolute atomic E-state index is 13.0. The number of nitrogens with zero attached hydrogens (tertiary/aromatic N) is 2. The molecule has 0 aliphatic rings. The molecule has 1 N–H and O–H groups in total. The number of nitrogens with one attached hydrogen (secondary N) is 1. The smallest absolute Gasteiger partial charge is 0.272 e. The summed E-state index contributed by atoms with van der Waals surface area (Å²) in [5.41, 5.74) is 2.54. The van der Waals surface area contributed by atoms with Crippen molar-refractivity contribution in [2.45, 2.75) is 6.54 Å². The van der Waals surface area contributed by atoms with E-state index in [0.717, 1.165) is 21.8 Å². The SMILES string of the molecule is COc1cccc(CNc2nc3cc(-c4ccc(OC)c(OC)c4)sc3c(=O)n2C)c1. The number of fused-ring (bicyclic) bond motifs is 1. The zero-order valence-corrected chi connectivity index (χ0v) is 18.6. The van der Waals surface area contributed by atoms with E-state index in [4.69, 9.17) is 19.2 Å². The van der Waals surface area contributed by atoms with Crippen LogP contribution in [0.2, 0.25) is 0 Å². The lowest BCUT2D eigenvalue weighted by atomic mass is 10.1. The highest BCUT2D eigenvalue weighted by atomic mass is 32.1. The molecule has 31 heavy (non-hydrogen) atoms. The van der Waals surface area contributed by atoms with E-state index in [1.54, 1.807) is 28.4 Å². The van der Waals surface area contributed by atoms with Crippen molar-refractivity contribution in [2.24, 2.45) is 7.05 Å². The molecule has 0 atom stereocenters. The van der Waals surface area contributed by atoms with Crippen LogP contribution in [0.15, 0.2) is 53.3 Å². The van der Waals surface area contributed by atoms with Gasteiger partial charge < -0.3 is 19.5 Å². The molecule has 0 bridgehead atoms. The summed E-state index contributed by atoms with van der Waals surface area (Å²) in [6, 6.07) is 15.4. The van der Waals surface area contributed by atoms with Gasteiger partial charge in [0.2, 0.25) is 5.95 Å². The molecule has 160 valence electrons. The molecule has 0 saturated carbocycles. The fourth-order valence-electron chi connectivity index (χ4n) is 3.31. The minimum absolute atomic E-state index is 0.0881. The predicted molar refractivity (Wildman–Crippen MR) is 124 cm³/mol. The highest BCUT2D eigenvalue weighted by Crippen LogP contribution is 2.36. The van der Waals surface area contributed by atoms with Crippen LogP contribution >= 0.6 is 11.3 Å². The van der Waals surface area contributed by atoms with Crippen LogP contribution in [-0.4, -0.2) is 30.9 Å². The first-order valence-electron chi connectivity index (χ1n) is 9.63. The molecule has 0 unspecified atom stereocenters. The van der Waals surface area contributed by atoms with Gasteiger partial charge in [-0.05, 0) is 47.5 Å². The van der Waals surface area contributed by atoms with E-state index in [-0.39, 0.29) is 5.56 Å². The maximum Gasteiger partial charge on any atom is 0.272 e. The molecule has 2 aromatic carbocycles. The van der Waals surface area contributed by atoms with Crippen molar-refractivity contribution in [3.05, 3.63) is 64.4 Å². The first-order valence-corrected chi connectivity index (χ1v) is 10.5. The first kappa shape index (κ1) is 20.7. The lowest BCUT2D eigenvalue weighted by Gasteiger charge is -2.10. The summed E-state index contributed by atoms with van der Waals surface area (Å²) < 4.78 is 18.1.